The molecule has 3 rings (SSSR count). The zero-order chi connectivity index (χ0) is 19.1. The van der Waals surface area contributed by atoms with E-state index >= 15 is 0 Å². The van der Waals surface area contributed by atoms with Gasteiger partial charge in [-0.25, -0.2) is 4.68 Å². The number of alkyl halides is 3. The summed E-state index contributed by atoms with van der Waals surface area (Å²) in [7, 11) is 0. The Kier molecular flexibility index (Phi) is 4.26. The largest absolute Gasteiger partial charge is 0.481 e. The molecule has 10 heteroatoms. The van der Waals surface area contributed by atoms with Crippen LogP contribution in [0.25, 0.3) is 17.1 Å². The molecule has 0 amide bonds. The summed E-state index contributed by atoms with van der Waals surface area (Å²) in [4.78, 5) is 14.3. The van der Waals surface area contributed by atoms with Crippen molar-refractivity contribution < 1.29 is 27.6 Å². The Morgan fingerprint density at radius 1 is 1.23 bits per heavy atom. The number of hydrogen-bond donors (Lipinski definition) is 1. The Hall–Kier alpha value is -3.17. The first-order chi connectivity index (χ1) is 12.2. The van der Waals surface area contributed by atoms with Crippen molar-refractivity contribution >= 4 is 5.97 Å². The third-order valence-electron chi connectivity index (χ3n) is 3.81. The van der Waals surface area contributed by atoms with E-state index in [1.54, 1.807) is 30.7 Å². The van der Waals surface area contributed by atoms with Crippen LogP contribution in [0.1, 0.15) is 22.8 Å². The van der Waals surface area contributed by atoms with Gasteiger partial charge in [-0.15, -0.1) is 0 Å². The van der Waals surface area contributed by atoms with Crippen molar-refractivity contribution in [2.75, 3.05) is 0 Å². The number of carboxylic acid groups (broad SMARTS) is 1. The second-order valence-electron chi connectivity index (χ2n) is 5.60. The van der Waals surface area contributed by atoms with Crippen LogP contribution in [0.2, 0.25) is 0 Å². The van der Waals surface area contributed by atoms with Crippen molar-refractivity contribution in [3.05, 3.63) is 47.1 Å². The van der Waals surface area contributed by atoms with Crippen LogP contribution in [-0.2, 0) is 17.4 Å². The predicted molar refractivity (Wildman–Crippen MR) is 82.7 cm³/mol. The molecule has 136 valence electrons. The number of carboxylic acids is 1. The standard InChI is InChI=1S/C16H13F3N4O3/c1-8-12(7-13(24)25)9(2)23(21-8)11-5-3-10(4-6-11)14-20-15(26-22-14)16(17,18)19/h3-6H,7H2,1-2H3,(H,24,25). The molecule has 0 unspecified atom stereocenters. The van der Waals surface area contributed by atoms with E-state index in [2.05, 4.69) is 19.8 Å². The zero-order valence-corrected chi connectivity index (χ0v) is 13.7. The number of hydrogen-bond acceptors (Lipinski definition) is 5. The number of halogens is 3. The number of nitrogens with zero attached hydrogens (tertiary/aromatic N) is 4. The molecule has 0 aliphatic carbocycles. The first-order valence-corrected chi connectivity index (χ1v) is 7.45. The molecule has 1 N–H and O–H groups in total. The van der Waals surface area contributed by atoms with Gasteiger partial charge in [-0.1, -0.05) is 5.16 Å². The SMILES string of the molecule is Cc1nn(-c2ccc(-c3noc(C(F)(F)F)n3)cc2)c(C)c1CC(=O)O. The summed E-state index contributed by atoms with van der Waals surface area (Å²) >= 11 is 0. The number of aryl methyl sites for hydroxylation is 1. The van der Waals surface area contributed by atoms with Crippen LogP contribution < -0.4 is 0 Å². The lowest BCUT2D eigenvalue weighted by Crippen LogP contribution is -2.04. The van der Waals surface area contributed by atoms with Crippen molar-refractivity contribution in [2.45, 2.75) is 26.4 Å². The molecule has 0 atom stereocenters. The van der Waals surface area contributed by atoms with Gasteiger partial charge in [0.15, 0.2) is 0 Å². The summed E-state index contributed by atoms with van der Waals surface area (Å²) in [6.45, 7) is 3.47. The summed E-state index contributed by atoms with van der Waals surface area (Å²) in [6, 6.07) is 6.33. The maximum Gasteiger partial charge on any atom is 0.471 e. The number of rotatable bonds is 4. The van der Waals surface area contributed by atoms with E-state index in [0.717, 1.165) is 0 Å². The fraction of sp³-hybridized carbons (Fsp3) is 0.250. The van der Waals surface area contributed by atoms with Crippen molar-refractivity contribution in [1.29, 1.82) is 0 Å². The van der Waals surface area contributed by atoms with Gasteiger partial charge in [0.05, 0.1) is 17.8 Å². The first kappa shape index (κ1) is 17.6. The highest BCUT2D eigenvalue weighted by atomic mass is 19.4. The quantitative estimate of drug-likeness (QED) is 0.762. The average molecular weight is 366 g/mol. The third kappa shape index (κ3) is 3.30. The molecule has 26 heavy (non-hydrogen) atoms. The predicted octanol–water partition coefficient (Wildman–Crippen LogP) is 3.19. The summed E-state index contributed by atoms with van der Waals surface area (Å²) < 4.78 is 43.4. The van der Waals surface area contributed by atoms with E-state index in [9.17, 15) is 18.0 Å². The summed E-state index contributed by atoms with van der Waals surface area (Å²) in [5, 5.41) is 16.6. The molecule has 2 heterocycles. The van der Waals surface area contributed by atoms with E-state index in [-0.39, 0.29) is 12.2 Å². The lowest BCUT2D eigenvalue weighted by atomic mass is 10.1. The van der Waals surface area contributed by atoms with Crippen LogP contribution in [0.15, 0.2) is 28.8 Å². The minimum atomic E-state index is -4.70. The zero-order valence-electron chi connectivity index (χ0n) is 13.7. The van der Waals surface area contributed by atoms with Gasteiger partial charge < -0.3 is 9.63 Å². The fourth-order valence-electron chi connectivity index (χ4n) is 2.54. The molecule has 0 fully saturated rings. The Morgan fingerprint density at radius 3 is 2.42 bits per heavy atom. The minimum Gasteiger partial charge on any atom is -0.481 e. The van der Waals surface area contributed by atoms with E-state index in [4.69, 9.17) is 5.11 Å². The highest BCUT2D eigenvalue weighted by Crippen LogP contribution is 2.29. The topological polar surface area (TPSA) is 94.0 Å². The van der Waals surface area contributed by atoms with Crippen molar-refractivity contribution in [3.63, 3.8) is 0 Å². The molecule has 7 nitrogen and oxygen atoms in total. The van der Waals surface area contributed by atoms with Gasteiger partial charge in [0, 0.05) is 16.8 Å². The Balaban J connectivity index is 1.91. The van der Waals surface area contributed by atoms with Gasteiger partial charge in [0.25, 0.3) is 0 Å². The van der Waals surface area contributed by atoms with Crippen LogP contribution in [0.5, 0.6) is 0 Å². The van der Waals surface area contributed by atoms with Gasteiger partial charge in [0.2, 0.25) is 5.82 Å². The second kappa shape index (κ2) is 6.28. The molecule has 0 saturated carbocycles. The smallest absolute Gasteiger partial charge is 0.471 e. The first-order valence-electron chi connectivity index (χ1n) is 7.45. The Morgan fingerprint density at radius 2 is 1.88 bits per heavy atom. The minimum absolute atomic E-state index is 0.140. The summed E-state index contributed by atoms with van der Waals surface area (Å²) in [5.74, 6) is -2.54. The lowest BCUT2D eigenvalue weighted by Gasteiger charge is -2.05. The monoisotopic (exact) mass is 366 g/mol. The fourth-order valence-corrected chi connectivity index (χ4v) is 2.54. The number of aliphatic carboxylic acids is 1. The highest BCUT2D eigenvalue weighted by Gasteiger charge is 2.38. The van der Waals surface area contributed by atoms with E-state index < -0.39 is 18.0 Å². The molecule has 1 aromatic carbocycles. The van der Waals surface area contributed by atoms with Gasteiger partial charge in [-0.2, -0.15) is 23.3 Å². The van der Waals surface area contributed by atoms with E-state index in [1.165, 1.54) is 12.1 Å². The van der Waals surface area contributed by atoms with Crippen LogP contribution >= 0.6 is 0 Å². The maximum atomic E-state index is 12.5. The molecule has 0 bridgehead atoms. The van der Waals surface area contributed by atoms with Crippen LogP contribution in [0.3, 0.4) is 0 Å². The van der Waals surface area contributed by atoms with Gasteiger partial charge in [-0.05, 0) is 38.1 Å². The third-order valence-corrected chi connectivity index (χ3v) is 3.81. The molecular formula is C16H13F3N4O3. The second-order valence-corrected chi connectivity index (χ2v) is 5.60. The lowest BCUT2D eigenvalue weighted by molar-refractivity contribution is -0.159. The van der Waals surface area contributed by atoms with Gasteiger partial charge in [-0.3, -0.25) is 4.79 Å². The molecule has 3 aromatic rings. The molecule has 2 aromatic heterocycles. The van der Waals surface area contributed by atoms with Crippen molar-refractivity contribution in [2.24, 2.45) is 0 Å². The average Bonchev–Trinajstić information content (AvgIpc) is 3.16. The molecule has 0 radical (unpaired) electrons. The number of aromatic nitrogens is 4. The van der Waals surface area contributed by atoms with Gasteiger partial charge in [0.1, 0.15) is 0 Å². The van der Waals surface area contributed by atoms with E-state index in [0.29, 0.717) is 28.2 Å². The molecule has 0 aliphatic rings. The van der Waals surface area contributed by atoms with Crippen LogP contribution in [-0.4, -0.2) is 31.0 Å². The summed E-state index contributed by atoms with van der Waals surface area (Å²) in [6.07, 6.45) is -4.84. The Bertz CT molecular complexity index is 958. The van der Waals surface area contributed by atoms with Crippen LogP contribution in [0.4, 0.5) is 13.2 Å². The number of benzene rings is 1. The molecule has 0 spiro atoms. The molecule has 0 aliphatic heterocycles. The normalized spacial score (nSPS) is 11.7. The summed E-state index contributed by atoms with van der Waals surface area (Å²) in [5.41, 5.74) is 2.87. The molecule has 0 saturated heterocycles. The maximum absolute atomic E-state index is 12.5. The molecular weight excluding hydrogens is 353 g/mol. The highest BCUT2D eigenvalue weighted by molar-refractivity contribution is 5.71. The van der Waals surface area contributed by atoms with Crippen molar-refractivity contribution in [1.82, 2.24) is 19.9 Å². The Labute approximate surface area is 145 Å². The van der Waals surface area contributed by atoms with E-state index in [1.807, 2.05) is 0 Å². The van der Waals surface area contributed by atoms with Crippen molar-refractivity contribution in [3.8, 4) is 17.1 Å². The number of carbonyl (C=O) groups is 1. The van der Waals surface area contributed by atoms with Gasteiger partial charge >= 0.3 is 18.0 Å². The van der Waals surface area contributed by atoms with Crippen LogP contribution in [0, 0.1) is 13.8 Å².